The number of pyridine rings is 3. The Labute approximate surface area is 642 Å². The average molecular weight is 1540 g/mol. The molecule has 6 aromatic carbocycles. The van der Waals surface area contributed by atoms with Crippen LogP contribution < -0.4 is 26.6 Å². The van der Waals surface area contributed by atoms with Crippen molar-refractivity contribution in [2.45, 2.75) is 52.6 Å². The molecule has 0 bridgehead atoms. The Balaban J connectivity index is 0.000000142. The number of hydrogen-bond acceptors (Lipinski definition) is 16. The lowest BCUT2D eigenvalue weighted by molar-refractivity contribution is -0.138. The number of carbonyl (C=O) groups is 3. The van der Waals surface area contributed by atoms with Crippen LogP contribution in [0.4, 0.5) is 85.4 Å². The van der Waals surface area contributed by atoms with Gasteiger partial charge in [-0.3, -0.25) is 29.3 Å². The number of anilines is 8. The lowest BCUT2D eigenvalue weighted by Gasteiger charge is -2.15. The van der Waals surface area contributed by atoms with E-state index in [1.165, 1.54) is 41.2 Å². The number of carbonyl (C=O) groups excluding carboxylic acids is 3. The van der Waals surface area contributed by atoms with Gasteiger partial charge in [0, 0.05) is 173 Å². The Hall–Kier alpha value is -14.8. The number of nitrogens with zero attached hydrogens (tertiary/aromatic N) is 14. The van der Waals surface area contributed by atoms with Crippen LogP contribution in [0.15, 0.2) is 263 Å². The summed E-state index contributed by atoms with van der Waals surface area (Å²) < 4.78 is 126. The van der Waals surface area contributed by atoms with Crippen molar-refractivity contribution in [2.75, 3.05) is 26.6 Å². The SMILES string of the molecule is Cc1ccc(C(=O)Nc2cccc(C(F)(F)F)c2)cc1Nc1nc(-c2cccnc2)cn2ccnc12.Cc1ccc(CC(=O)c2cccc(C(F)(F)F)c2)cc1Nc1nc(-c2cccnc2)cn2ccnc12.Cc1cn(-c2cc(NC(=O)c3ccc(C)c(Nc4nc(-c5cccnc5)cn5ccnc45)c3)cc(C(F)(F)F)c2)cn1. The smallest absolute Gasteiger partial charge is 0.337 e. The fourth-order valence-electron chi connectivity index (χ4n) is 12.0. The first-order valence-electron chi connectivity index (χ1n) is 34.8. The van der Waals surface area contributed by atoms with Crippen LogP contribution in [-0.4, -0.2) is 85.2 Å². The quantitative estimate of drug-likeness (QED) is 0.0419. The molecule has 0 fully saturated rings. The highest BCUT2D eigenvalue weighted by atomic mass is 19.4. The van der Waals surface area contributed by atoms with Gasteiger partial charge in [0.05, 0.1) is 45.8 Å². The molecule has 0 atom stereocenters. The Morgan fingerprint density at radius 3 is 1.26 bits per heavy atom. The maximum atomic E-state index is 13.7. The normalized spacial score (nSPS) is 11.5. The lowest BCUT2D eigenvalue weighted by atomic mass is 9.99. The van der Waals surface area contributed by atoms with Crippen LogP contribution in [-0.2, 0) is 24.9 Å². The fourth-order valence-corrected chi connectivity index (χ4v) is 12.0. The van der Waals surface area contributed by atoms with Gasteiger partial charge in [-0.15, -0.1) is 0 Å². The van der Waals surface area contributed by atoms with E-state index in [0.29, 0.717) is 79.8 Å². The van der Waals surface area contributed by atoms with E-state index in [9.17, 15) is 53.9 Å². The highest BCUT2D eigenvalue weighted by molar-refractivity contribution is 6.06. The van der Waals surface area contributed by atoms with E-state index in [0.717, 1.165) is 69.8 Å². The van der Waals surface area contributed by atoms with Crippen molar-refractivity contribution < 1.29 is 53.9 Å². The van der Waals surface area contributed by atoms with Crippen molar-refractivity contribution in [3.05, 3.63) is 325 Å². The minimum atomic E-state index is -4.61. The first kappa shape index (κ1) is 76.0. The van der Waals surface area contributed by atoms with Gasteiger partial charge in [-0.25, -0.2) is 34.9 Å². The summed E-state index contributed by atoms with van der Waals surface area (Å²) in [4.78, 5) is 82.8. The summed E-state index contributed by atoms with van der Waals surface area (Å²) in [6, 6.07) is 38.9. The van der Waals surface area contributed by atoms with Crippen LogP contribution in [0, 0.1) is 27.7 Å². The number of Topliss-reactive ketones (excluding diaryl/α,β-unsaturated/α-hetero) is 1. The summed E-state index contributed by atoms with van der Waals surface area (Å²) in [6.07, 6.45) is 15.5. The molecule has 0 radical (unpaired) electrons. The van der Waals surface area contributed by atoms with Gasteiger partial charge in [-0.05, 0) is 165 Å². The van der Waals surface area contributed by atoms with Gasteiger partial charge in [0.1, 0.15) is 0 Å². The molecular weight excluding hydrogens is 1480 g/mol. The molecule has 0 saturated carbocycles. The number of benzene rings is 6. The fraction of sp³-hybridized carbons (Fsp3) is 0.0964. The first-order valence-corrected chi connectivity index (χ1v) is 34.8. The standard InChI is InChI=1S/C30H23F3N8O.C27H20F3N5O.C26H19F3N6O/c1-18-5-6-20(29(42)37-23-11-22(30(31,32)33)12-24(13-23)41-15-19(2)36-17-41)10-25(18)38-27-28-35-8-9-40(28)16-26(39-27)21-4-3-7-34-14-21;1-17-7-8-18(13-24(36)19-4-2-6-21(14-19)27(28,29)30)12-22(17)33-25-26-32-10-11-35(26)16-23(34-25)20-5-3-9-31-15-20;1-16-7-8-17(25(36)32-20-6-2-5-19(13-20)26(27,28)29)12-21(16)33-23-24-31-10-11-35(24)15-22(34-23)18-4-3-9-30-14-18/h3-17H,1-2H3,(H,37,42)(H,38,39);2-12,14-16H,13H2,1H3,(H,33,34);2-15H,1H3,(H,32,36)(H,33,34). The van der Waals surface area contributed by atoms with Crippen molar-refractivity contribution in [3.63, 3.8) is 0 Å². The summed E-state index contributed by atoms with van der Waals surface area (Å²) in [5, 5.41) is 15.0. The number of aromatic nitrogens is 14. The molecule has 0 spiro atoms. The molecule has 0 saturated heterocycles. The molecular formula is C83H62F9N19O3. The molecule has 10 aromatic heterocycles. The molecule has 10 heterocycles. The van der Waals surface area contributed by atoms with Gasteiger partial charge in [0.25, 0.3) is 11.8 Å². The number of imidazole rings is 4. The maximum absolute atomic E-state index is 13.7. The van der Waals surface area contributed by atoms with Crippen LogP contribution in [0.5, 0.6) is 0 Å². The number of rotatable bonds is 17. The zero-order valence-corrected chi connectivity index (χ0v) is 60.4. The third-order valence-electron chi connectivity index (χ3n) is 17.9. The molecule has 31 heteroatoms. The summed E-state index contributed by atoms with van der Waals surface area (Å²) in [7, 11) is 0. The van der Waals surface area contributed by atoms with E-state index in [1.54, 1.807) is 130 Å². The van der Waals surface area contributed by atoms with Crippen molar-refractivity contribution in [3.8, 4) is 39.5 Å². The highest BCUT2D eigenvalue weighted by Gasteiger charge is 2.34. The van der Waals surface area contributed by atoms with E-state index in [-0.39, 0.29) is 40.2 Å². The molecule has 114 heavy (non-hydrogen) atoms. The lowest BCUT2D eigenvalue weighted by Crippen LogP contribution is -2.14. The molecule has 570 valence electrons. The second-order valence-electron chi connectivity index (χ2n) is 26.1. The van der Waals surface area contributed by atoms with Crippen molar-refractivity contribution >= 4 is 80.4 Å². The first-order chi connectivity index (χ1) is 54.7. The van der Waals surface area contributed by atoms with Gasteiger partial charge in [-0.2, -0.15) is 39.5 Å². The summed E-state index contributed by atoms with van der Waals surface area (Å²) in [6.45, 7) is 7.38. The van der Waals surface area contributed by atoms with E-state index >= 15 is 0 Å². The van der Waals surface area contributed by atoms with Crippen LogP contribution >= 0.6 is 0 Å². The Bertz CT molecular complexity index is 6240. The molecule has 0 aliphatic heterocycles. The average Bonchev–Trinajstić information content (AvgIpc) is 1.55. The van der Waals surface area contributed by atoms with Crippen LogP contribution in [0.1, 0.15) is 75.7 Å². The second kappa shape index (κ2) is 32.0. The Morgan fingerprint density at radius 1 is 0.395 bits per heavy atom. The highest BCUT2D eigenvalue weighted by Crippen LogP contribution is 2.37. The molecule has 16 aromatic rings. The zero-order valence-electron chi connectivity index (χ0n) is 60.4. The van der Waals surface area contributed by atoms with Crippen LogP contribution in [0.2, 0.25) is 0 Å². The molecule has 22 nitrogen and oxygen atoms in total. The number of aryl methyl sites for hydroxylation is 4. The molecule has 0 aliphatic carbocycles. The number of ketones is 1. The van der Waals surface area contributed by atoms with Crippen molar-refractivity contribution in [2.24, 2.45) is 0 Å². The van der Waals surface area contributed by atoms with Crippen LogP contribution in [0.3, 0.4) is 0 Å². The monoisotopic (exact) mass is 1540 g/mol. The molecule has 0 aliphatic rings. The van der Waals surface area contributed by atoms with E-state index in [1.807, 2.05) is 101 Å². The number of amides is 2. The topological polar surface area (TPSA) is 258 Å². The van der Waals surface area contributed by atoms with E-state index < -0.39 is 52.8 Å². The second-order valence-corrected chi connectivity index (χ2v) is 26.1. The summed E-state index contributed by atoms with van der Waals surface area (Å²) in [5.41, 5.74) is 10.3. The molecule has 16 rings (SSSR count). The predicted molar refractivity (Wildman–Crippen MR) is 412 cm³/mol. The maximum Gasteiger partial charge on any atom is 0.416 e. The van der Waals surface area contributed by atoms with E-state index in [2.05, 4.69) is 61.5 Å². The van der Waals surface area contributed by atoms with Gasteiger partial charge in [-0.1, -0.05) is 42.5 Å². The predicted octanol–water partition coefficient (Wildman–Crippen LogP) is 19.0. The zero-order chi connectivity index (χ0) is 80.0. The van der Waals surface area contributed by atoms with Crippen molar-refractivity contribution in [1.82, 2.24) is 67.6 Å². The molecule has 0 unspecified atom stereocenters. The van der Waals surface area contributed by atoms with Gasteiger partial charge < -0.3 is 44.4 Å². The third kappa shape index (κ3) is 17.7. The summed E-state index contributed by atoms with van der Waals surface area (Å²) >= 11 is 0. The molecule has 2 amide bonds. The van der Waals surface area contributed by atoms with Gasteiger partial charge >= 0.3 is 18.5 Å². The van der Waals surface area contributed by atoms with Crippen molar-refractivity contribution in [1.29, 1.82) is 0 Å². The Kier molecular flexibility index (Phi) is 21.4. The minimum absolute atomic E-state index is 0.00352. The number of halogens is 9. The number of nitrogens with one attached hydrogen (secondary N) is 5. The van der Waals surface area contributed by atoms with Crippen LogP contribution in [0.25, 0.3) is 56.4 Å². The number of hydrogen-bond donors (Lipinski definition) is 5. The summed E-state index contributed by atoms with van der Waals surface area (Å²) in [5.74, 6) is -0.0670. The third-order valence-corrected chi connectivity index (χ3v) is 17.9. The van der Waals surface area contributed by atoms with Gasteiger partial charge in [0.2, 0.25) is 0 Å². The molecule has 5 N–H and O–H groups in total. The number of alkyl halides is 9. The largest absolute Gasteiger partial charge is 0.416 e. The Morgan fingerprint density at radius 2 is 0.825 bits per heavy atom. The van der Waals surface area contributed by atoms with Gasteiger partial charge in [0.15, 0.2) is 40.2 Å². The van der Waals surface area contributed by atoms with E-state index in [4.69, 9.17) is 15.0 Å². The minimum Gasteiger partial charge on any atom is -0.337 e. The number of fused-ring (bicyclic) bond motifs is 3.